The molecule has 0 aliphatic heterocycles. The average molecular weight is 374 g/mol. The molecule has 0 saturated heterocycles. The zero-order chi connectivity index (χ0) is 18.5. The molecule has 0 saturated carbocycles. The number of nitrogens with two attached hydrogens (primary N) is 1. The lowest BCUT2D eigenvalue weighted by molar-refractivity contribution is -0.247. The molecule has 1 unspecified atom stereocenters. The van der Waals surface area contributed by atoms with Gasteiger partial charge >= 0.3 is 6.18 Å². The number of nitrogens with zero attached hydrogens (tertiary/aromatic N) is 1. The molecule has 0 aliphatic rings. The van der Waals surface area contributed by atoms with Crippen molar-refractivity contribution in [3.63, 3.8) is 0 Å². The van der Waals surface area contributed by atoms with Gasteiger partial charge in [0.25, 0.3) is 0 Å². The zero-order valence-electron chi connectivity index (χ0n) is 13.3. The number of halogens is 3. The third-order valence-corrected chi connectivity index (χ3v) is 5.51. The Kier molecular flexibility index (Phi) is 3.68. The second kappa shape index (κ2) is 5.69. The van der Waals surface area contributed by atoms with Gasteiger partial charge in [0.2, 0.25) is 5.60 Å². The summed E-state index contributed by atoms with van der Waals surface area (Å²) in [4.78, 5) is 4.07. The van der Waals surface area contributed by atoms with Crippen LogP contribution in [0.3, 0.4) is 0 Å². The van der Waals surface area contributed by atoms with Crippen LogP contribution in [0.2, 0.25) is 0 Å². The Labute approximate surface area is 150 Å². The number of para-hydroxylation sites is 1. The molecule has 7 heteroatoms. The zero-order valence-corrected chi connectivity index (χ0v) is 14.1. The molecule has 4 aromatic rings. The summed E-state index contributed by atoms with van der Waals surface area (Å²) < 4.78 is 42.9. The Hall–Kier alpha value is -2.64. The Balaban J connectivity index is 2.07. The normalized spacial score (nSPS) is 14.6. The number of thiazole rings is 1. The monoisotopic (exact) mass is 374 g/mol. The SMILES string of the molecule is Nc1ccc(C(O)(c2nc3ccccc3s2)C(F)(F)F)c2ccccc12. The highest BCUT2D eigenvalue weighted by Gasteiger charge is 2.59. The number of fused-ring (bicyclic) bond motifs is 2. The molecule has 0 radical (unpaired) electrons. The lowest BCUT2D eigenvalue weighted by Gasteiger charge is -2.30. The topological polar surface area (TPSA) is 59.1 Å². The van der Waals surface area contributed by atoms with E-state index in [1.54, 1.807) is 42.5 Å². The minimum atomic E-state index is -4.96. The number of aliphatic hydroxyl groups is 1. The van der Waals surface area contributed by atoms with E-state index < -0.39 is 16.8 Å². The standard InChI is InChI=1S/C19H13F3N2OS/c20-19(21,22)18(25,17-24-15-7-3-4-8-16(15)26-17)13-9-10-14(23)12-6-2-1-5-11(12)13/h1-10,25H,23H2. The largest absolute Gasteiger partial charge is 0.428 e. The van der Waals surface area contributed by atoms with Crippen molar-refractivity contribution in [1.29, 1.82) is 0 Å². The summed E-state index contributed by atoms with van der Waals surface area (Å²) >= 11 is 0.826. The number of benzene rings is 3. The molecule has 0 bridgehead atoms. The fraction of sp³-hybridized carbons (Fsp3) is 0.105. The highest BCUT2D eigenvalue weighted by molar-refractivity contribution is 7.18. The van der Waals surface area contributed by atoms with E-state index in [0.717, 1.165) is 11.3 Å². The van der Waals surface area contributed by atoms with Gasteiger partial charge in [0.1, 0.15) is 5.01 Å². The Morgan fingerprint density at radius 2 is 1.54 bits per heavy atom. The maximum atomic E-state index is 14.1. The fourth-order valence-corrected chi connectivity index (χ4v) is 4.14. The van der Waals surface area contributed by atoms with Gasteiger partial charge < -0.3 is 10.8 Å². The number of rotatable bonds is 2. The highest BCUT2D eigenvalue weighted by atomic mass is 32.1. The molecule has 0 spiro atoms. The summed E-state index contributed by atoms with van der Waals surface area (Å²) in [7, 11) is 0. The van der Waals surface area contributed by atoms with E-state index in [1.807, 2.05) is 0 Å². The van der Waals surface area contributed by atoms with E-state index in [-0.39, 0.29) is 10.9 Å². The van der Waals surface area contributed by atoms with Crippen LogP contribution in [0.5, 0.6) is 0 Å². The predicted molar refractivity (Wildman–Crippen MR) is 97.0 cm³/mol. The summed E-state index contributed by atoms with van der Waals surface area (Å²) in [6, 6.07) is 15.7. The van der Waals surface area contributed by atoms with Crippen LogP contribution in [0.4, 0.5) is 18.9 Å². The minimum absolute atomic E-state index is 0.242. The molecule has 3 nitrogen and oxygen atoms in total. The molecule has 1 heterocycles. The fourth-order valence-electron chi connectivity index (χ4n) is 3.05. The molecule has 0 amide bonds. The first-order valence-electron chi connectivity index (χ1n) is 7.75. The van der Waals surface area contributed by atoms with Crippen LogP contribution in [-0.4, -0.2) is 16.3 Å². The van der Waals surface area contributed by atoms with E-state index in [4.69, 9.17) is 5.73 Å². The van der Waals surface area contributed by atoms with Crippen LogP contribution in [0.1, 0.15) is 10.6 Å². The van der Waals surface area contributed by atoms with Gasteiger partial charge in [-0.15, -0.1) is 11.3 Å². The van der Waals surface area contributed by atoms with Gasteiger partial charge in [0.15, 0.2) is 0 Å². The second-order valence-corrected chi connectivity index (χ2v) is 6.97. The van der Waals surface area contributed by atoms with E-state index in [0.29, 0.717) is 21.3 Å². The highest BCUT2D eigenvalue weighted by Crippen LogP contribution is 2.48. The Morgan fingerprint density at radius 1 is 0.885 bits per heavy atom. The van der Waals surface area contributed by atoms with Crippen molar-refractivity contribution in [1.82, 2.24) is 4.98 Å². The molecule has 3 N–H and O–H groups in total. The molecule has 132 valence electrons. The lowest BCUT2D eigenvalue weighted by atomic mass is 9.88. The van der Waals surface area contributed by atoms with Crippen LogP contribution in [-0.2, 0) is 5.60 Å². The van der Waals surface area contributed by atoms with Crippen LogP contribution in [0, 0.1) is 0 Å². The van der Waals surface area contributed by atoms with Gasteiger partial charge in [-0.2, -0.15) is 13.2 Å². The van der Waals surface area contributed by atoms with Crippen molar-refractivity contribution in [3.8, 4) is 0 Å². The van der Waals surface area contributed by atoms with Crippen LogP contribution >= 0.6 is 11.3 Å². The summed E-state index contributed by atoms with van der Waals surface area (Å²) in [5, 5.41) is 11.2. The lowest BCUT2D eigenvalue weighted by Crippen LogP contribution is -2.43. The molecular weight excluding hydrogens is 361 g/mol. The van der Waals surface area contributed by atoms with E-state index in [1.165, 1.54) is 18.2 Å². The third kappa shape index (κ3) is 2.35. The first-order chi connectivity index (χ1) is 12.3. The quantitative estimate of drug-likeness (QED) is 0.494. The van der Waals surface area contributed by atoms with Gasteiger partial charge in [0.05, 0.1) is 10.2 Å². The van der Waals surface area contributed by atoms with Crippen molar-refractivity contribution in [2.45, 2.75) is 11.8 Å². The summed E-state index contributed by atoms with van der Waals surface area (Å²) in [5.74, 6) is 0. The molecule has 0 fully saturated rings. The van der Waals surface area contributed by atoms with Gasteiger partial charge in [-0.05, 0) is 23.6 Å². The smallest absolute Gasteiger partial charge is 0.398 e. The van der Waals surface area contributed by atoms with Crippen molar-refractivity contribution < 1.29 is 18.3 Å². The number of nitrogen functional groups attached to an aromatic ring is 1. The number of alkyl halides is 3. The van der Waals surface area contributed by atoms with Gasteiger partial charge in [-0.1, -0.05) is 42.5 Å². The molecule has 1 aromatic heterocycles. The molecule has 1 atom stereocenters. The van der Waals surface area contributed by atoms with Crippen molar-refractivity contribution in [2.75, 3.05) is 5.73 Å². The summed E-state index contributed by atoms with van der Waals surface area (Å²) in [6.45, 7) is 0. The number of aromatic nitrogens is 1. The predicted octanol–water partition coefficient (Wildman–Crippen LogP) is 4.83. The third-order valence-electron chi connectivity index (χ3n) is 4.36. The van der Waals surface area contributed by atoms with Crippen LogP contribution < -0.4 is 5.73 Å². The minimum Gasteiger partial charge on any atom is -0.398 e. The molecule has 3 aromatic carbocycles. The van der Waals surface area contributed by atoms with E-state index in [9.17, 15) is 18.3 Å². The number of hydrogen-bond acceptors (Lipinski definition) is 4. The van der Waals surface area contributed by atoms with Crippen LogP contribution in [0.25, 0.3) is 21.0 Å². The Morgan fingerprint density at radius 3 is 2.23 bits per heavy atom. The second-order valence-electron chi connectivity index (χ2n) is 5.94. The van der Waals surface area contributed by atoms with E-state index >= 15 is 0 Å². The van der Waals surface area contributed by atoms with Gasteiger partial charge in [-0.25, -0.2) is 4.98 Å². The number of anilines is 1. The first-order valence-corrected chi connectivity index (χ1v) is 8.57. The van der Waals surface area contributed by atoms with Crippen molar-refractivity contribution in [3.05, 3.63) is 71.2 Å². The van der Waals surface area contributed by atoms with E-state index in [2.05, 4.69) is 4.98 Å². The van der Waals surface area contributed by atoms with Crippen molar-refractivity contribution >= 4 is 38.0 Å². The summed E-state index contributed by atoms with van der Waals surface area (Å²) in [6.07, 6.45) is -4.96. The maximum Gasteiger partial charge on any atom is 0.428 e. The number of hydrogen-bond donors (Lipinski definition) is 2. The molecule has 4 rings (SSSR count). The molecule has 0 aliphatic carbocycles. The Bertz CT molecular complexity index is 1090. The molecular formula is C19H13F3N2OS. The van der Waals surface area contributed by atoms with Gasteiger partial charge in [-0.3, -0.25) is 0 Å². The van der Waals surface area contributed by atoms with Crippen LogP contribution in [0.15, 0.2) is 60.7 Å². The molecule has 26 heavy (non-hydrogen) atoms. The average Bonchev–Trinajstić information content (AvgIpc) is 3.05. The first kappa shape index (κ1) is 16.8. The summed E-state index contributed by atoms with van der Waals surface area (Å²) in [5.41, 5.74) is 3.14. The van der Waals surface area contributed by atoms with Gasteiger partial charge in [0, 0.05) is 16.6 Å². The van der Waals surface area contributed by atoms with Crippen molar-refractivity contribution in [2.24, 2.45) is 0 Å². The maximum absolute atomic E-state index is 14.1.